The second-order valence-corrected chi connectivity index (χ2v) is 7.02. The molecule has 0 aliphatic carbocycles. The fourth-order valence-corrected chi connectivity index (χ4v) is 3.40. The molecule has 0 radical (unpaired) electrons. The molecule has 4 aromatic rings. The SMILES string of the molecule is COc1ccc(N(C)c2ccc3ccc(C(=O)NCCc4ccncc4)cn23)cc1. The van der Waals surface area contributed by atoms with Crippen molar-refractivity contribution in [3.05, 3.63) is 90.4 Å². The fourth-order valence-electron chi connectivity index (χ4n) is 3.40. The molecule has 152 valence electrons. The van der Waals surface area contributed by atoms with Crippen LogP contribution in [-0.2, 0) is 6.42 Å². The zero-order chi connectivity index (χ0) is 20.9. The minimum atomic E-state index is -0.0855. The fraction of sp³-hybridized carbons (Fsp3) is 0.167. The first-order valence-corrected chi connectivity index (χ1v) is 9.82. The van der Waals surface area contributed by atoms with Crippen LogP contribution in [0.2, 0.25) is 0 Å². The van der Waals surface area contributed by atoms with E-state index in [-0.39, 0.29) is 5.91 Å². The number of aromatic nitrogens is 2. The van der Waals surface area contributed by atoms with Gasteiger partial charge in [-0.05, 0) is 72.6 Å². The maximum Gasteiger partial charge on any atom is 0.252 e. The van der Waals surface area contributed by atoms with Gasteiger partial charge in [0, 0.05) is 43.4 Å². The number of amides is 1. The molecule has 1 aromatic carbocycles. The van der Waals surface area contributed by atoms with Gasteiger partial charge in [-0.15, -0.1) is 0 Å². The molecule has 1 amide bonds. The van der Waals surface area contributed by atoms with E-state index >= 15 is 0 Å². The van der Waals surface area contributed by atoms with E-state index in [4.69, 9.17) is 4.74 Å². The normalized spacial score (nSPS) is 10.7. The molecular formula is C24H24N4O2. The molecule has 4 rings (SSSR count). The number of fused-ring (bicyclic) bond motifs is 1. The highest BCUT2D eigenvalue weighted by molar-refractivity contribution is 5.94. The van der Waals surface area contributed by atoms with Crippen molar-refractivity contribution in [3.8, 4) is 5.75 Å². The van der Waals surface area contributed by atoms with Crippen molar-refractivity contribution in [2.45, 2.75) is 6.42 Å². The number of carbonyl (C=O) groups excluding carboxylic acids is 1. The largest absolute Gasteiger partial charge is 0.497 e. The van der Waals surface area contributed by atoms with Crippen molar-refractivity contribution in [3.63, 3.8) is 0 Å². The number of hydrogen-bond donors (Lipinski definition) is 1. The number of methoxy groups -OCH3 is 1. The summed E-state index contributed by atoms with van der Waals surface area (Å²) in [6, 6.07) is 19.7. The Balaban J connectivity index is 1.51. The van der Waals surface area contributed by atoms with Crippen LogP contribution < -0.4 is 15.0 Å². The van der Waals surface area contributed by atoms with E-state index in [0.29, 0.717) is 12.1 Å². The molecule has 0 bridgehead atoms. The zero-order valence-electron chi connectivity index (χ0n) is 17.1. The minimum Gasteiger partial charge on any atom is -0.497 e. The molecule has 0 spiro atoms. The maximum absolute atomic E-state index is 12.7. The Labute approximate surface area is 175 Å². The lowest BCUT2D eigenvalue weighted by molar-refractivity contribution is 0.0953. The third-order valence-electron chi connectivity index (χ3n) is 5.14. The Morgan fingerprint density at radius 3 is 2.50 bits per heavy atom. The van der Waals surface area contributed by atoms with Crippen LogP contribution in [0.5, 0.6) is 5.75 Å². The number of rotatable bonds is 7. The summed E-state index contributed by atoms with van der Waals surface area (Å²) in [6.45, 7) is 0.575. The molecule has 1 N–H and O–H groups in total. The summed E-state index contributed by atoms with van der Waals surface area (Å²) in [7, 11) is 3.66. The van der Waals surface area contributed by atoms with Crippen LogP contribution in [0.3, 0.4) is 0 Å². The van der Waals surface area contributed by atoms with Crippen LogP contribution >= 0.6 is 0 Å². The van der Waals surface area contributed by atoms with Gasteiger partial charge < -0.3 is 19.4 Å². The number of hydrogen-bond acceptors (Lipinski definition) is 4. The quantitative estimate of drug-likeness (QED) is 0.508. The van der Waals surface area contributed by atoms with Crippen LogP contribution in [0.25, 0.3) is 5.52 Å². The van der Waals surface area contributed by atoms with Gasteiger partial charge in [-0.25, -0.2) is 0 Å². The average Bonchev–Trinajstić information content (AvgIpc) is 3.22. The maximum atomic E-state index is 12.7. The minimum absolute atomic E-state index is 0.0855. The highest BCUT2D eigenvalue weighted by atomic mass is 16.5. The number of anilines is 2. The highest BCUT2D eigenvalue weighted by Gasteiger charge is 2.12. The van der Waals surface area contributed by atoms with Gasteiger partial charge in [0.25, 0.3) is 5.91 Å². The van der Waals surface area contributed by atoms with Gasteiger partial charge in [-0.2, -0.15) is 0 Å². The van der Waals surface area contributed by atoms with Crippen LogP contribution in [0.15, 0.2) is 79.3 Å². The zero-order valence-corrected chi connectivity index (χ0v) is 17.1. The third-order valence-corrected chi connectivity index (χ3v) is 5.14. The molecule has 6 nitrogen and oxygen atoms in total. The lowest BCUT2D eigenvalue weighted by Gasteiger charge is -2.20. The van der Waals surface area contributed by atoms with Crippen molar-refractivity contribution in [2.75, 3.05) is 25.6 Å². The van der Waals surface area contributed by atoms with Gasteiger partial charge in [-0.1, -0.05) is 0 Å². The van der Waals surface area contributed by atoms with Gasteiger partial charge in [0.1, 0.15) is 11.6 Å². The Morgan fingerprint density at radius 1 is 1.03 bits per heavy atom. The first-order valence-electron chi connectivity index (χ1n) is 9.82. The molecular weight excluding hydrogens is 376 g/mol. The number of ether oxygens (including phenoxy) is 1. The first-order chi connectivity index (χ1) is 14.7. The summed E-state index contributed by atoms with van der Waals surface area (Å²) >= 11 is 0. The van der Waals surface area contributed by atoms with E-state index < -0.39 is 0 Å². The topological polar surface area (TPSA) is 58.9 Å². The van der Waals surface area contributed by atoms with Gasteiger partial charge >= 0.3 is 0 Å². The van der Waals surface area contributed by atoms with Crippen molar-refractivity contribution in [1.82, 2.24) is 14.7 Å². The molecule has 0 saturated carbocycles. The summed E-state index contributed by atoms with van der Waals surface area (Å²) in [5, 5.41) is 3.00. The van der Waals surface area contributed by atoms with E-state index in [1.165, 1.54) is 0 Å². The van der Waals surface area contributed by atoms with Crippen molar-refractivity contribution >= 4 is 22.9 Å². The molecule has 0 atom stereocenters. The summed E-state index contributed by atoms with van der Waals surface area (Å²) in [5.41, 5.74) is 3.83. The summed E-state index contributed by atoms with van der Waals surface area (Å²) in [5.74, 6) is 1.71. The summed E-state index contributed by atoms with van der Waals surface area (Å²) in [4.78, 5) is 18.8. The molecule has 0 aliphatic heterocycles. The lowest BCUT2D eigenvalue weighted by atomic mass is 10.2. The van der Waals surface area contributed by atoms with Crippen molar-refractivity contribution in [1.29, 1.82) is 0 Å². The highest BCUT2D eigenvalue weighted by Crippen LogP contribution is 2.27. The number of benzene rings is 1. The molecule has 0 aliphatic rings. The summed E-state index contributed by atoms with van der Waals surface area (Å²) in [6.07, 6.45) is 6.17. The smallest absolute Gasteiger partial charge is 0.252 e. The van der Waals surface area contributed by atoms with E-state index in [1.807, 2.05) is 78.3 Å². The molecule has 3 aromatic heterocycles. The lowest BCUT2D eigenvalue weighted by Crippen LogP contribution is -2.26. The third kappa shape index (κ3) is 4.12. The van der Waals surface area contributed by atoms with E-state index in [9.17, 15) is 4.79 Å². The predicted octanol–water partition coefficient (Wildman–Crippen LogP) is 4.08. The van der Waals surface area contributed by atoms with Crippen molar-refractivity contribution in [2.24, 2.45) is 0 Å². The Kier molecular flexibility index (Phi) is 5.66. The molecule has 3 heterocycles. The second kappa shape index (κ2) is 8.69. The molecule has 0 saturated heterocycles. The molecule has 0 unspecified atom stereocenters. The van der Waals surface area contributed by atoms with Gasteiger partial charge in [0.05, 0.1) is 12.7 Å². The number of pyridine rings is 2. The number of nitrogens with zero attached hydrogens (tertiary/aromatic N) is 3. The average molecular weight is 400 g/mol. The Morgan fingerprint density at radius 2 is 1.77 bits per heavy atom. The van der Waals surface area contributed by atoms with Crippen LogP contribution in [0, 0.1) is 0 Å². The van der Waals surface area contributed by atoms with Gasteiger partial charge in [-0.3, -0.25) is 9.78 Å². The van der Waals surface area contributed by atoms with E-state index in [2.05, 4.69) is 15.2 Å². The number of carbonyl (C=O) groups is 1. The second-order valence-electron chi connectivity index (χ2n) is 7.02. The first kappa shape index (κ1) is 19.5. The van der Waals surface area contributed by atoms with Crippen LogP contribution in [-0.4, -0.2) is 36.0 Å². The molecule has 30 heavy (non-hydrogen) atoms. The standard InChI is InChI=1S/C24H24N4O2/c1-27(20-5-8-22(30-2)9-6-20)23-10-7-21-4-3-19(17-28(21)23)24(29)26-16-13-18-11-14-25-15-12-18/h3-12,14-15,17H,13,16H2,1-2H3,(H,26,29). The summed E-state index contributed by atoms with van der Waals surface area (Å²) < 4.78 is 7.27. The van der Waals surface area contributed by atoms with Crippen LogP contribution in [0.1, 0.15) is 15.9 Å². The molecule has 6 heteroatoms. The monoisotopic (exact) mass is 400 g/mol. The van der Waals surface area contributed by atoms with Gasteiger partial charge in [0.2, 0.25) is 0 Å². The predicted molar refractivity (Wildman–Crippen MR) is 119 cm³/mol. The Bertz CT molecular complexity index is 1140. The van der Waals surface area contributed by atoms with Crippen molar-refractivity contribution < 1.29 is 9.53 Å². The van der Waals surface area contributed by atoms with Crippen LogP contribution in [0.4, 0.5) is 11.5 Å². The van der Waals surface area contributed by atoms with Gasteiger partial charge in [0.15, 0.2) is 0 Å². The van der Waals surface area contributed by atoms with E-state index in [0.717, 1.165) is 34.8 Å². The molecule has 0 fully saturated rings. The number of nitrogens with one attached hydrogen (secondary N) is 1. The van der Waals surface area contributed by atoms with E-state index in [1.54, 1.807) is 19.5 Å². The Hall–Kier alpha value is -3.80.